The Morgan fingerprint density at radius 1 is 1.33 bits per heavy atom. The van der Waals surface area contributed by atoms with E-state index in [1.54, 1.807) is 0 Å². The van der Waals surface area contributed by atoms with Crippen LogP contribution in [0.15, 0.2) is 0 Å². The third-order valence-electron chi connectivity index (χ3n) is 0.886. The van der Waals surface area contributed by atoms with E-state index in [1.807, 2.05) is 0 Å². The van der Waals surface area contributed by atoms with Crippen molar-refractivity contribution in [2.45, 2.75) is 25.9 Å². The molecular formula is C4H11BrSi. The van der Waals surface area contributed by atoms with Gasteiger partial charge in [0.05, 0.1) is 0 Å². The van der Waals surface area contributed by atoms with E-state index in [-0.39, 0.29) is 7.42 Å². The maximum atomic E-state index is 3.61. The summed E-state index contributed by atoms with van der Waals surface area (Å²) in [4.78, 5) is 0. The van der Waals surface area contributed by atoms with Gasteiger partial charge < -0.3 is 0 Å². The Bertz CT molecular complexity index is 26.7. The molecule has 0 saturated heterocycles. The lowest BCUT2D eigenvalue weighted by Gasteiger charge is -1.93. The fourth-order valence-electron chi connectivity index (χ4n) is 0.289. The molecule has 0 aliphatic rings. The number of halogens is 1. The lowest BCUT2D eigenvalue weighted by molar-refractivity contribution is 1.35. The fourth-order valence-corrected chi connectivity index (χ4v) is 0.866. The summed E-state index contributed by atoms with van der Waals surface area (Å²) in [5.41, 5.74) is 0. The predicted molar refractivity (Wildman–Crippen MR) is 37.0 cm³/mol. The van der Waals surface area contributed by atoms with Crippen LogP contribution in [0.1, 0.15) is 13.8 Å². The lowest BCUT2D eigenvalue weighted by Crippen LogP contribution is -1.94. The monoisotopic (exact) mass is 166 g/mol. The van der Waals surface area contributed by atoms with Crippen LogP contribution < -0.4 is 0 Å². The zero-order valence-electron chi connectivity index (χ0n) is 4.37. The molecule has 0 aromatic heterocycles. The quantitative estimate of drug-likeness (QED) is 0.436. The molecule has 0 aromatic carbocycles. The number of rotatable bonds is 2. The fraction of sp³-hybridized carbons (Fsp3) is 1.00. The van der Waals surface area contributed by atoms with Crippen LogP contribution in [0, 0.1) is 0 Å². The minimum atomic E-state index is -0.348. The van der Waals surface area contributed by atoms with Gasteiger partial charge in [-0.2, -0.15) is 0 Å². The van der Waals surface area contributed by atoms with Crippen LogP contribution in [0.5, 0.6) is 0 Å². The SMILES string of the molecule is CC[SiH](Br)CC. The van der Waals surface area contributed by atoms with Gasteiger partial charge in [0.1, 0.15) is 7.42 Å². The molecule has 0 N–H and O–H groups in total. The van der Waals surface area contributed by atoms with E-state index in [0.29, 0.717) is 0 Å². The molecule has 0 aliphatic carbocycles. The highest BCUT2D eigenvalue weighted by Gasteiger charge is 1.94. The van der Waals surface area contributed by atoms with Crippen molar-refractivity contribution in [3.63, 3.8) is 0 Å². The van der Waals surface area contributed by atoms with Crippen LogP contribution in [-0.4, -0.2) is 7.42 Å². The third kappa shape index (κ3) is 2.91. The largest absolute Gasteiger partial charge is 0.131 e. The van der Waals surface area contributed by atoms with E-state index in [4.69, 9.17) is 0 Å². The van der Waals surface area contributed by atoms with Gasteiger partial charge in [-0.05, 0) is 0 Å². The maximum Gasteiger partial charge on any atom is 0.114 e. The van der Waals surface area contributed by atoms with E-state index in [2.05, 4.69) is 29.1 Å². The summed E-state index contributed by atoms with van der Waals surface area (Å²) in [5.74, 6) is 0. The minimum Gasteiger partial charge on any atom is -0.131 e. The topological polar surface area (TPSA) is 0 Å². The van der Waals surface area contributed by atoms with Gasteiger partial charge >= 0.3 is 0 Å². The summed E-state index contributed by atoms with van der Waals surface area (Å²) >= 11 is 3.61. The zero-order valence-corrected chi connectivity index (χ0v) is 7.11. The van der Waals surface area contributed by atoms with Crippen LogP contribution in [-0.2, 0) is 0 Å². The summed E-state index contributed by atoms with van der Waals surface area (Å²) < 4.78 is 0. The Balaban J connectivity index is 2.75. The molecule has 0 nitrogen and oxygen atoms in total. The Morgan fingerprint density at radius 3 is 1.67 bits per heavy atom. The van der Waals surface area contributed by atoms with Gasteiger partial charge in [0.25, 0.3) is 0 Å². The minimum absolute atomic E-state index is 0.348. The molecule has 0 saturated carbocycles. The second-order valence-electron chi connectivity index (χ2n) is 1.41. The molecule has 0 aliphatic heterocycles. The Kier molecular flexibility index (Phi) is 4.32. The van der Waals surface area contributed by atoms with Crippen LogP contribution in [0.2, 0.25) is 12.1 Å². The average molecular weight is 167 g/mol. The van der Waals surface area contributed by atoms with Crippen LogP contribution >= 0.6 is 15.3 Å². The molecular weight excluding hydrogens is 156 g/mol. The molecule has 2 heteroatoms. The first-order chi connectivity index (χ1) is 2.81. The summed E-state index contributed by atoms with van der Waals surface area (Å²) in [6.45, 7) is 4.49. The van der Waals surface area contributed by atoms with Crippen molar-refractivity contribution in [3.05, 3.63) is 0 Å². The highest BCUT2D eigenvalue weighted by atomic mass is 79.9. The van der Waals surface area contributed by atoms with Crippen molar-refractivity contribution in [2.24, 2.45) is 0 Å². The maximum absolute atomic E-state index is 3.61. The Hall–Kier alpha value is 0.697. The molecule has 38 valence electrons. The van der Waals surface area contributed by atoms with Crippen molar-refractivity contribution in [2.75, 3.05) is 0 Å². The van der Waals surface area contributed by atoms with E-state index in [1.165, 1.54) is 12.1 Å². The molecule has 0 heterocycles. The molecule has 0 spiro atoms. The molecule has 6 heavy (non-hydrogen) atoms. The smallest absolute Gasteiger partial charge is 0.114 e. The molecule has 0 unspecified atom stereocenters. The summed E-state index contributed by atoms with van der Waals surface area (Å²) in [6.07, 6.45) is 0. The van der Waals surface area contributed by atoms with Gasteiger partial charge in [0, 0.05) is 0 Å². The van der Waals surface area contributed by atoms with Crippen LogP contribution in [0.4, 0.5) is 0 Å². The molecule has 0 radical (unpaired) electrons. The molecule has 0 atom stereocenters. The zero-order chi connectivity index (χ0) is 4.99. The van der Waals surface area contributed by atoms with Gasteiger partial charge in [-0.3, -0.25) is 0 Å². The summed E-state index contributed by atoms with van der Waals surface area (Å²) in [6, 6.07) is 2.77. The summed E-state index contributed by atoms with van der Waals surface area (Å²) in [7, 11) is -0.348. The third-order valence-corrected chi connectivity index (χ3v) is 6.54. The molecule has 0 amide bonds. The van der Waals surface area contributed by atoms with Crippen molar-refractivity contribution < 1.29 is 0 Å². The Morgan fingerprint density at radius 2 is 1.67 bits per heavy atom. The molecule has 0 fully saturated rings. The average Bonchev–Trinajstić information content (AvgIpc) is 1.65. The first-order valence-corrected chi connectivity index (χ1v) is 7.27. The number of hydrogen-bond acceptors (Lipinski definition) is 0. The second kappa shape index (κ2) is 3.87. The highest BCUT2D eigenvalue weighted by molar-refractivity contribution is 9.24. The number of hydrogen-bond donors (Lipinski definition) is 0. The molecule has 0 rings (SSSR count). The second-order valence-corrected chi connectivity index (χ2v) is 8.13. The molecule has 0 aromatic rings. The normalized spacial score (nSPS) is 10.0. The highest BCUT2D eigenvalue weighted by Crippen LogP contribution is 2.03. The lowest BCUT2D eigenvalue weighted by atomic mass is 11.0. The van der Waals surface area contributed by atoms with Gasteiger partial charge in [-0.15, -0.1) is 15.3 Å². The molecule has 0 bridgehead atoms. The standard InChI is InChI=1S/C4H11BrSi/c1-3-6(5)4-2/h6H,3-4H2,1-2H3. The first-order valence-electron chi connectivity index (χ1n) is 2.45. The van der Waals surface area contributed by atoms with E-state index in [9.17, 15) is 0 Å². The van der Waals surface area contributed by atoms with Gasteiger partial charge in [-0.25, -0.2) is 0 Å². The van der Waals surface area contributed by atoms with E-state index >= 15 is 0 Å². The van der Waals surface area contributed by atoms with Gasteiger partial charge in [-0.1, -0.05) is 25.9 Å². The van der Waals surface area contributed by atoms with Crippen molar-refractivity contribution in [3.8, 4) is 0 Å². The van der Waals surface area contributed by atoms with Crippen molar-refractivity contribution in [1.29, 1.82) is 0 Å². The van der Waals surface area contributed by atoms with Crippen molar-refractivity contribution >= 4 is 22.7 Å². The predicted octanol–water partition coefficient (Wildman–Crippen LogP) is 2.14. The summed E-state index contributed by atoms with van der Waals surface area (Å²) in [5, 5.41) is 0. The van der Waals surface area contributed by atoms with Crippen molar-refractivity contribution in [1.82, 2.24) is 0 Å². The Labute approximate surface area is 49.1 Å². The van der Waals surface area contributed by atoms with Gasteiger partial charge in [0.2, 0.25) is 0 Å². The first kappa shape index (κ1) is 6.70. The van der Waals surface area contributed by atoms with Crippen LogP contribution in [0.3, 0.4) is 0 Å². The van der Waals surface area contributed by atoms with Gasteiger partial charge in [0.15, 0.2) is 0 Å². The van der Waals surface area contributed by atoms with Crippen LogP contribution in [0.25, 0.3) is 0 Å². The van der Waals surface area contributed by atoms with E-state index in [0.717, 1.165) is 0 Å². The van der Waals surface area contributed by atoms with E-state index < -0.39 is 0 Å².